The number of rotatable bonds is 4. The highest BCUT2D eigenvalue weighted by Crippen LogP contribution is 2.62. The van der Waals surface area contributed by atoms with Crippen molar-refractivity contribution in [2.75, 3.05) is 0 Å². The molecule has 0 spiro atoms. The molecule has 2 bridgehead atoms. The molecule has 3 N–H and O–H groups in total. The van der Waals surface area contributed by atoms with Gasteiger partial charge in [-0.1, -0.05) is 20.8 Å². The summed E-state index contributed by atoms with van der Waals surface area (Å²) in [7, 11) is -3.64. The van der Waals surface area contributed by atoms with Crippen molar-refractivity contribution >= 4 is 10.0 Å². The molecule has 2 saturated carbocycles. The van der Waals surface area contributed by atoms with Gasteiger partial charge in [-0.05, 0) is 48.1 Å². The lowest BCUT2D eigenvalue weighted by molar-refractivity contribution is 0.127. The van der Waals surface area contributed by atoms with E-state index >= 15 is 0 Å². The second kappa shape index (κ2) is 4.57. The molecule has 1 aromatic heterocycles. The molecule has 3 rings (SSSR count). The Balaban J connectivity index is 1.89. The maximum atomic E-state index is 12.6. The summed E-state index contributed by atoms with van der Waals surface area (Å²) >= 11 is 0. The fourth-order valence-electron chi connectivity index (χ4n) is 4.42. The minimum Gasteiger partial charge on any atom is -0.447 e. The van der Waals surface area contributed by atoms with Gasteiger partial charge in [0.05, 0.1) is 6.54 Å². The molecule has 1 aromatic rings. The summed E-state index contributed by atoms with van der Waals surface area (Å²) in [6, 6.07) is 3.04. The number of nitrogens with two attached hydrogens (primary N) is 1. The summed E-state index contributed by atoms with van der Waals surface area (Å²) in [5.74, 6) is 1.07. The zero-order valence-electron chi connectivity index (χ0n) is 12.8. The van der Waals surface area contributed by atoms with Gasteiger partial charge in [-0.3, -0.25) is 0 Å². The van der Waals surface area contributed by atoms with Crippen LogP contribution in [0.15, 0.2) is 21.6 Å². The molecule has 5 nitrogen and oxygen atoms in total. The van der Waals surface area contributed by atoms with Gasteiger partial charge in [-0.25, -0.2) is 13.1 Å². The minimum absolute atomic E-state index is 0.0244. The van der Waals surface area contributed by atoms with Crippen molar-refractivity contribution in [3.8, 4) is 0 Å². The molecule has 1 heterocycles. The Labute approximate surface area is 126 Å². The van der Waals surface area contributed by atoms with Crippen LogP contribution in [0.25, 0.3) is 0 Å². The Morgan fingerprint density at radius 2 is 2.10 bits per heavy atom. The monoisotopic (exact) mass is 312 g/mol. The largest absolute Gasteiger partial charge is 0.447 e. The van der Waals surface area contributed by atoms with Crippen molar-refractivity contribution in [1.82, 2.24) is 4.72 Å². The Morgan fingerprint density at radius 3 is 2.62 bits per heavy atom. The van der Waals surface area contributed by atoms with Crippen LogP contribution in [-0.2, 0) is 16.6 Å². The predicted molar refractivity (Wildman–Crippen MR) is 79.9 cm³/mol. The van der Waals surface area contributed by atoms with E-state index in [9.17, 15) is 8.42 Å². The molecule has 0 amide bonds. The second-order valence-electron chi connectivity index (χ2n) is 7.39. The topological polar surface area (TPSA) is 85.3 Å². The van der Waals surface area contributed by atoms with Gasteiger partial charge >= 0.3 is 0 Å². The fourth-order valence-corrected chi connectivity index (χ4v) is 5.90. The smallest absolute Gasteiger partial charge is 0.274 e. The van der Waals surface area contributed by atoms with Crippen molar-refractivity contribution in [3.63, 3.8) is 0 Å². The standard InChI is InChI=1S/C15H24N2O3S/c1-14(2)10-6-7-15(3,8-10)13(14)17-21(18,19)12-5-4-11(9-16)20-12/h4-5,10,13,17H,6-9,16H2,1-3H3. The zero-order chi connectivity index (χ0) is 15.5. The highest BCUT2D eigenvalue weighted by molar-refractivity contribution is 7.89. The summed E-state index contributed by atoms with van der Waals surface area (Å²) in [4.78, 5) is 0. The van der Waals surface area contributed by atoms with Crippen molar-refractivity contribution in [1.29, 1.82) is 0 Å². The quantitative estimate of drug-likeness (QED) is 0.893. The third kappa shape index (κ3) is 2.24. The molecule has 3 unspecified atom stereocenters. The predicted octanol–water partition coefficient (Wildman–Crippen LogP) is 2.23. The van der Waals surface area contributed by atoms with E-state index in [-0.39, 0.29) is 28.5 Å². The van der Waals surface area contributed by atoms with E-state index in [0.717, 1.165) is 12.8 Å². The number of furan rings is 1. The Morgan fingerprint density at radius 1 is 1.38 bits per heavy atom. The number of fused-ring (bicyclic) bond motifs is 2. The summed E-state index contributed by atoms with van der Waals surface area (Å²) in [6.07, 6.45) is 3.37. The lowest BCUT2D eigenvalue weighted by atomic mass is 9.69. The van der Waals surface area contributed by atoms with Crippen molar-refractivity contribution in [2.24, 2.45) is 22.5 Å². The van der Waals surface area contributed by atoms with Crippen LogP contribution < -0.4 is 10.5 Å². The first kappa shape index (κ1) is 15.1. The molecule has 0 aromatic carbocycles. The first-order chi connectivity index (χ1) is 9.69. The van der Waals surface area contributed by atoms with Crippen LogP contribution in [0, 0.1) is 16.7 Å². The van der Waals surface area contributed by atoms with E-state index in [2.05, 4.69) is 25.5 Å². The van der Waals surface area contributed by atoms with E-state index in [1.807, 2.05) is 0 Å². The van der Waals surface area contributed by atoms with Gasteiger partial charge < -0.3 is 10.2 Å². The van der Waals surface area contributed by atoms with Gasteiger partial charge in [0.15, 0.2) is 0 Å². The van der Waals surface area contributed by atoms with E-state index in [1.165, 1.54) is 12.5 Å². The van der Waals surface area contributed by atoms with Crippen molar-refractivity contribution < 1.29 is 12.8 Å². The molecule has 118 valence electrons. The molecule has 0 radical (unpaired) electrons. The van der Waals surface area contributed by atoms with Gasteiger partial charge in [0.1, 0.15) is 5.76 Å². The first-order valence-electron chi connectivity index (χ1n) is 7.50. The fraction of sp³-hybridized carbons (Fsp3) is 0.733. The first-order valence-corrected chi connectivity index (χ1v) is 8.98. The van der Waals surface area contributed by atoms with Gasteiger partial charge in [-0.2, -0.15) is 0 Å². The van der Waals surface area contributed by atoms with Gasteiger partial charge in [0.25, 0.3) is 10.0 Å². The molecule has 3 atom stereocenters. The Hall–Kier alpha value is -0.850. The van der Waals surface area contributed by atoms with Crippen LogP contribution in [0.5, 0.6) is 0 Å². The molecule has 2 aliphatic carbocycles. The van der Waals surface area contributed by atoms with Gasteiger partial charge in [-0.15, -0.1) is 0 Å². The molecular formula is C15H24N2O3S. The van der Waals surface area contributed by atoms with Gasteiger partial charge in [0.2, 0.25) is 5.09 Å². The molecule has 0 aliphatic heterocycles. The number of nitrogens with one attached hydrogen (secondary N) is 1. The summed E-state index contributed by atoms with van der Waals surface area (Å²) in [6.45, 7) is 6.73. The van der Waals surface area contributed by atoms with E-state index in [4.69, 9.17) is 10.2 Å². The second-order valence-corrected chi connectivity index (χ2v) is 9.04. The SMILES string of the molecule is CC12CCC(C1)C(C)(C)C2NS(=O)(=O)c1ccc(CN)o1. The van der Waals surface area contributed by atoms with Crippen LogP contribution in [0.1, 0.15) is 45.8 Å². The number of sulfonamides is 1. The summed E-state index contributed by atoms with van der Waals surface area (Å²) in [5, 5.41) is -0.0369. The third-order valence-corrected chi connectivity index (χ3v) is 6.94. The maximum absolute atomic E-state index is 12.6. The Bertz CT molecular complexity index is 645. The van der Waals surface area contributed by atoms with E-state index in [0.29, 0.717) is 11.7 Å². The highest BCUT2D eigenvalue weighted by atomic mass is 32.2. The van der Waals surface area contributed by atoms with Crippen molar-refractivity contribution in [3.05, 3.63) is 17.9 Å². The highest BCUT2D eigenvalue weighted by Gasteiger charge is 2.60. The van der Waals surface area contributed by atoms with E-state index < -0.39 is 10.0 Å². The molecule has 21 heavy (non-hydrogen) atoms. The number of hydrogen-bond donors (Lipinski definition) is 2. The summed E-state index contributed by atoms with van der Waals surface area (Å²) < 4.78 is 33.4. The number of hydrogen-bond acceptors (Lipinski definition) is 4. The zero-order valence-corrected chi connectivity index (χ0v) is 13.7. The van der Waals surface area contributed by atoms with Crippen LogP contribution in [0.4, 0.5) is 0 Å². The molecule has 0 saturated heterocycles. The average molecular weight is 312 g/mol. The lowest BCUT2D eigenvalue weighted by Gasteiger charge is -2.42. The van der Waals surface area contributed by atoms with Crippen molar-refractivity contribution in [2.45, 2.75) is 57.7 Å². The summed E-state index contributed by atoms with van der Waals surface area (Å²) in [5.41, 5.74) is 5.50. The van der Waals surface area contributed by atoms with Crippen LogP contribution in [0.3, 0.4) is 0 Å². The molecule has 6 heteroatoms. The normalized spacial score (nSPS) is 34.5. The Kier molecular flexibility index (Phi) is 3.28. The van der Waals surface area contributed by atoms with Gasteiger partial charge in [0, 0.05) is 6.04 Å². The maximum Gasteiger partial charge on any atom is 0.274 e. The molecular weight excluding hydrogens is 288 g/mol. The van der Waals surface area contributed by atoms with E-state index in [1.54, 1.807) is 6.07 Å². The molecule has 2 aliphatic rings. The van der Waals surface area contributed by atoms with Crippen LogP contribution in [-0.4, -0.2) is 14.5 Å². The average Bonchev–Trinajstić information content (AvgIpc) is 3.06. The molecule has 2 fully saturated rings. The van der Waals surface area contributed by atoms with Crippen LogP contribution in [0.2, 0.25) is 0 Å². The lowest BCUT2D eigenvalue weighted by Crippen LogP contribution is -2.52. The minimum atomic E-state index is -3.64. The van der Waals surface area contributed by atoms with Crippen LogP contribution >= 0.6 is 0 Å². The third-order valence-electron chi connectivity index (χ3n) is 5.65.